The van der Waals surface area contributed by atoms with Gasteiger partial charge >= 0.3 is 0 Å². The van der Waals surface area contributed by atoms with E-state index in [9.17, 15) is 14.3 Å². The standard InChI is InChI=1S/C11H12ClFN2O2/c12-8-2-1-6(13)3-9(8)15-11(17)10-4-7(16)5-14-10/h1-3,7,10,14,16H,4-5H2,(H,15,17). The number of amides is 1. The topological polar surface area (TPSA) is 61.4 Å². The first-order valence-electron chi connectivity index (χ1n) is 5.23. The van der Waals surface area contributed by atoms with Gasteiger partial charge in [-0.25, -0.2) is 4.39 Å². The second kappa shape index (κ2) is 5.00. The van der Waals surface area contributed by atoms with Gasteiger partial charge in [-0.2, -0.15) is 0 Å². The van der Waals surface area contributed by atoms with E-state index in [2.05, 4.69) is 10.6 Å². The zero-order valence-corrected chi connectivity index (χ0v) is 9.67. The fourth-order valence-corrected chi connectivity index (χ4v) is 1.89. The van der Waals surface area contributed by atoms with E-state index in [0.717, 1.165) is 6.07 Å². The molecule has 1 amide bonds. The van der Waals surface area contributed by atoms with Crippen LogP contribution in [0, 0.1) is 5.82 Å². The van der Waals surface area contributed by atoms with E-state index >= 15 is 0 Å². The van der Waals surface area contributed by atoms with Crippen molar-refractivity contribution in [3.05, 3.63) is 29.0 Å². The normalized spacial score (nSPS) is 23.7. The first-order valence-corrected chi connectivity index (χ1v) is 5.61. The van der Waals surface area contributed by atoms with Crippen molar-refractivity contribution in [2.24, 2.45) is 0 Å². The molecule has 0 saturated carbocycles. The van der Waals surface area contributed by atoms with E-state index in [1.165, 1.54) is 12.1 Å². The van der Waals surface area contributed by atoms with E-state index < -0.39 is 18.0 Å². The number of anilines is 1. The van der Waals surface area contributed by atoms with Gasteiger partial charge in [-0.1, -0.05) is 11.6 Å². The molecule has 2 unspecified atom stereocenters. The molecule has 6 heteroatoms. The highest BCUT2D eigenvalue weighted by Crippen LogP contribution is 2.23. The van der Waals surface area contributed by atoms with Crippen molar-refractivity contribution < 1.29 is 14.3 Å². The monoisotopic (exact) mass is 258 g/mol. The molecule has 2 rings (SSSR count). The quantitative estimate of drug-likeness (QED) is 0.746. The number of β-amino-alcohol motifs (C(OH)–C–C–N with tert-alkyl or cyclic N) is 1. The van der Waals surface area contributed by atoms with Gasteiger partial charge in [0.05, 0.1) is 22.9 Å². The number of aliphatic hydroxyl groups is 1. The third kappa shape index (κ3) is 2.94. The highest BCUT2D eigenvalue weighted by atomic mass is 35.5. The molecule has 0 aromatic heterocycles. The number of rotatable bonds is 2. The molecule has 1 aromatic rings. The Morgan fingerprint density at radius 3 is 3.00 bits per heavy atom. The summed E-state index contributed by atoms with van der Waals surface area (Å²) >= 11 is 5.82. The molecule has 1 aliphatic rings. The van der Waals surface area contributed by atoms with Crippen LogP contribution < -0.4 is 10.6 Å². The van der Waals surface area contributed by atoms with Crippen molar-refractivity contribution in [1.82, 2.24) is 5.32 Å². The first-order chi connectivity index (χ1) is 8.06. The minimum Gasteiger partial charge on any atom is -0.392 e. The lowest BCUT2D eigenvalue weighted by Crippen LogP contribution is -2.35. The number of halogens is 2. The average molecular weight is 259 g/mol. The van der Waals surface area contributed by atoms with Crippen molar-refractivity contribution >= 4 is 23.2 Å². The van der Waals surface area contributed by atoms with Gasteiger partial charge in [0.1, 0.15) is 5.82 Å². The predicted molar refractivity (Wildman–Crippen MR) is 62.5 cm³/mol. The summed E-state index contributed by atoms with van der Waals surface area (Å²) < 4.78 is 13.0. The molecule has 0 bridgehead atoms. The van der Waals surface area contributed by atoms with Gasteiger partial charge in [-0.3, -0.25) is 4.79 Å². The summed E-state index contributed by atoms with van der Waals surface area (Å²) in [4.78, 5) is 11.8. The zero-order valence-electron chi connectivity index (χ0n) is 8.91. The van der Waals surface area contributed by atoms with Gasteiger partial charge < -0.3 is 15.7 Å². The number of nitrogens with one attached hydrogen (secondary N) is 2. The van der Waals surface area contributed by atoms with Gasteiger partial charge in [-0.15, -0.1) is 0 Å². The van der Waals surface area contributed by atoms with Crippen molar-refractivity contribution in [3.63, 3.8) is 0 Å². The number of benzene rings is 1. The molecule has 1 aliphatic heterocycles. The molecular formula is C11H12ClFN2O2. The molecule has 1 heterocycles. The van der Waals surface area contributed by atoms with Gasteiger partial charge in [0, 0.05) is 6.54 Å². The third-order valence-electron chi connectivity index (χ3n) is 2.61. The van der Waals surface area contributed by atoms with Crippen LogP contribution in [0.3, 0.4) is 0 Å². The average Bonchev–Trinajstić information content (AvgIpc) is 2.70. The lowest BCUT2D eigenvalue weighted by Gasteiger charge is -2.12. The Morgan fingerprint density at radius 1 is 1.59 bits per heavy atom. The Balaban J connectivity index is 2.05. The van der Waals surface area contributed by atoms with Crippen LogP contribution in [0.1, 0.15) is 6.42 Å². The second-order valence-corrected chi connectivity index (χ2v) is 4.37. The van der Waals surface area contributed by atoms with Gasteiger partial charge in [0.2, 0.25) is 5.91 Å². The molecule has 17 heavy (non-hydrogen) atoms. The van der Waals surface area contributed by atoms with Gasteiger partial charge in [0.15, 0.2) is 0 Å². The van der Waals surface area contributed by atoms with Crippen LogP contribution in [-0.4, -0.2) is 29.7 Å². The van der Waals surface area contributed by atoms with Crippen LogP contribution in [0.25, 0.3) is 0 Å². The summed E-state index contributed by atoms with van der Waals surface area (Å²) in [5.74, 6) is -0.793. The smallest absolute Gasteiger partial charge is 0.241 e. The molecule has 2 atom stereocenters. The number of carbonyl (C=O) groups is 1. The van der Waals surface area contributed by atoms with Crippen LogP contribution in [-0.2, 0) is 4.79 Å². The van der Waals surface area contributed by atoms with Gasteiger partial charge in [0.25, 0.3) is 0 Å². The van der Waals surface area contributed by atoms with Crippen molar-refractivity contribution in [2.45, 2.75) is 18.6 Å². The van der Waals surface area contributed by atoms with Crippen LogP contribution >= 0.6 is 11.6 Å². The Kier molecular flexibility index (Phi) is 3.61. The van der Waals surface area contributed by atoms with E-state index in [1.807, 2.05) is 0 Å². The maximum absolute atomic E-state index is 13.0. The van der Waals surface area contributed by atoms with E-state index in [1.54, 1.807) is 0 Å². The molecule has 3 N–H and O–H groups in total. The summed E-state index contributed by atoms with van der Waals surface area (Å²) in [6.07, 6.45) is -0.174. The summed E-state index contributed by atoms with van der Waals surface area (Å²) in [5, 5.41) is 15.0. The van der Waals surface area contributed by atoms with Gasteiger partial charge in [-0.05, 0) is 24.6 Å². The van der Waals surface area contributed by atoms with Crippen LogP contribution in [0.2, 0.25) is 5.02 Å². The summed E-state index contributed by atoms with van der Waals surface area (Å²) in [6, 6.07) is 3.29. The molecule has 1 saturated heterocycles. The SMILES string of the molecule is O=C(Nc1cc(F)ccc1Cl)C1CC(O)CN1. The van der Waals surface area contributed by atoms with Crippen LogP contribution in [0.4, 0.5) is 10.1 Å². The maximum Gasteiger partial charge on any atom is 0.241 e. The van der Waals surface area contributed by atoms with Crippen LogP contribution in [0.15, 0.2) is 18.2 Å². The molecule has 0 radical (unpaired) electrons. The van der Waals surface area contributed by atoms with Crippen LogP contribution in [0.5, 0.6) is 0 Å². The number of aliphatic hydroxyl groups excluding tert-OH is 1. The minimum absolute atomic E-state index is 0.236. The predicted octanol–water partition coefficient (Wildman–Crippen LogP) is 1.14. The van der Waals surface area contributed by atoms with Crippen molar-refractivity contribution in [2.75, 3.05) is 11.9 Å². The van der Waals surface area contributed by atoms with E-state index in [-0.39, 0.29) is 16.6 Å². The highest BCUT2D eigenvalue weighted by Gasteiger charge is 2.28. The molecule has 0 spiro atoms. The lowest BCUT2D eigenvalue weighted by molar-refractivity contribution is -0.117. The first kappa shape index (κ1) is 12.3. The Morgan fingerprint density at radius 2 is 2.35 bits per heavy atom. The maximum atomic E-state index is 13.0. The summed E-state index contributed by atoms with van der Waals surface area (Å²) in [7, 11) is 0. The minimum atomic E-state index is -0.520. The van der Waals surface area contributed by atoms with Crippen molar-refractivity contribution in [3.8, 4) is 0 Å². The Hall–Kier alpha value is -1.17. The summed E-state index contributed by atoms with van der Waals surface area (Å²) in [5.41, 5.74) is 0.236. The number of hydrogen-bond donors (Lipinski definition) is 3. The third-order valence-corrected chi connectivity index (χ3v) is 2.94. The fourth-order valence-electron chi connectivity index (χ4n) is 1.73. The lowest BCUT2D eigenvalue weighted by atomic mass is 10.2. The molecule has 92 valence electrons. The molecule has 4 nitrogen and oxygen atoms in total. The van der Waals surface area contributed by atoms with E-state index in [4.69, 9.17) is 11.6 Å². The number of carbonyl (C=O) groups excluding carboxylic acids is 1. The fraction of sp³-hybridized carbons (Fsp3) is 0.364. The second-order valence-electron chi connectivity index (χ2n) is 3.96. The zero-order chi connectivity index (χ0) is 12.4. The molecule has 1 aromatic carbocycles. The molecular weight excluding hydrogens is 247 g/mol. The van der Waals surface area contributed by atoms with E-state index in [0.29, 0.717) is 13.0 Å². The van der Waals surface area contributed by atoms with Crippen molar-refractivity contribution in [1.29, 1.82) is 0 Å². The Bertz CT molecular complexity index is 441. The highest BCUT2D eigenvalue weighted by molar-refractivity contribution is 6.33. The largest absolute Gasteiger partial charge is 0.392 e. The Labute approximate surface area is 103 Å². The molecule has 1 fully saturated rings. The molecule has 0 aliphatic carbocycles. The summed E-state index contributed by atoms with van der Waals surface area (Å²) in [6.45, 7) is 0.384. The number of hydrogen-bond acceptors (Lipinski definition) is 3.